The molecule has 0 aromatic heterocycles. The predicted octanol–water partition coefficient (Wildman–Crippen LogP) is 1.38. The molecule has 1 fully saturated rings. The molecular formula is C12H27NO4S. The van der Waals surface area contributed by atoms with Crippen molar-refractivity contribution in [3.63, 3.8) is 0 Å². The zero-order valence-corrected chi connectivity index (χ0v) is 12.5. The van der Waals surface area contributed by atoms with Crippen LogP contribution in [0.5, 0.6) is 0 Å². The highest BCUT2D eigenvalue weighted by atomic mass is 32.2. The molecular weight excluding hydrogens is 254 g/mol. The first-order valence-corrected chi connectivity index (χ1v) is 8.45. The Hall–Kier alpha value is -0.170. The molecule has 0 aromatic rings. The molecule has 1 aliphatic rings. The van der Waals surface area contributed by atoms with Crippen molar-refractivity contribution in [1.29, 1.82) is 0 Å². The van der Waals surface area contributed by atoms with Crippen molar-refractivity contribution in [2.75, 3.05) is 25.9 Å². The topological polar surface area (TPSA) is 77.8 Å². The van der Waals surface area contributed by atoms with Crippen LogP contribution in [0, 0.1) is 5.92 Å². The van der Waals surface area contributed by atoms with E-state index in [0.717, 1.165) is 26.1 Å². The highest BCUT2D eigenvalue weighted by Crippen LogP contribution is 2.24. The van der Waals surface area contributed by atoms with Crippen LogP contribution in [0.25, 0.3) is 0 Å². The van der Waals surface area contributed by atoms with Crippen molar-refractivity contribution in [2.45, 2.75) is 45.6 Å². The molecule has 110 valence electrons. The standard InChI is InChI=1S/C11H23NO.CH4O3S/c1-3-12(4-2)9-10-7-5-6-8-11(10)13;1-5(2,3)4/h10-11,13H,3-9H2,1-2H3;1H3,(H,2,3,4). The van der Waals surface area contributed by atoms with Crippen LogP contribution in [-0.4, -0.2) is 55.0 Å². The summed E-state index contributed by atoms with van der Waals surface area (Å²) in [4.78, 5) is 2.42. The molecule has 6 heteroatoms. The Labute approximate surface area is 111 Å². The highest BCUT2D eigenvalue weighted by molar-refractivity contribution is 7.85. The lowest BCUT2D eigenvalue weighted by Gasteiger charge is -2.31. The first-order valence-electron chi connectivity index (χ1n) is 6.60. The van der Waals surface area contributed by atoms with Crippen LogP contribution >= 0.6 is 0 Å². The van der Waals surface area contributed by atoms with Gasteiger partial charge in [-0.25, -0.2) is 0 Å². The van der Waals surface area contributed by atoms with Gasteiger partial charge < -0.3 is 10.0 Å². The summed E-state index contributed by atoms with van der Waals surface area (Å²) in [6.07, 6.45) is 5.45. The van der Waals surface area contributed by atoms with Gasteiger partial charge in [-0.15, -0.1) is 0 Å². The third kappa shape index (κ3) is 9.82. The summed E-state index contributed by atoms with van der Waals surface area (Å²) in [7, 11) is -3.67. The molecule has 0 amide bonds. The van der Waals surface area contributed by atoms with E-state index < -0.39 is 10.1 Å². The maximum atomic E-state index is 9.78. The molecule has 1 rings (SSSR count). The summed E-state index contributed by atoms with van der Waals surface area (Å²) in [5, 5.41) is 9.78. The number of hydrogen-bond donors (Lipinski definition) is 2. The lowest BCUT2D eigenvalue weighted by molar-refractivity contribution is 0.0485. The molecule has 5 nitrogen and oxygen atoms in total. The Morgan fingerprint density at radius 3 is 2.00 bits per heavy atom. The van der Waals surface area contributed by atoms with Gasteiger partial charge in [-0.05, 0) is 31.8 Å². The van der Waals surface area contributed by atoms with Crippen LogP contribution in [0.15, 0.2) is 0 Å². The van der Waals surface area contributed by atoms with E-state index in [1.54, 1.807) is 0 Å². The summed E-state index contributed by atoms with van der Waals surface area (Å²) >= 11 is 0. The van der Waals surface area contributed by atoms with Crippen molar-refractivity contribution in [1.82, 2.24) is 4.90 Å². The minimum Gasteiger partial charge on any atom is -0.393 e. The van der Waals surface area contributed by atoms with Crippen LogP contribution in [-0.2, 0) is 10.1 Å². The van der Waals surface area contributed by atoms with E-state index in [9.17, 15) is 13.5 Å². The number of rotatable bonds is 4. The van der Waals surface area contributed by atoms with Crippen LogP contribution in [0.1, 0.15) is 39.5 Å². The number of aliphatic hydroxyl groups excluding tert-OH is 1. The van der Waals surface area contributed by atoms with E-state index in [1.165, 1.54) is 19.3 Å². The number of hydrogen-bond acceptors (Lipinski definition) is 4. The molecule has 1 saturated carbocycles. The first kappa shape index (κ1) is 17.8. The lowest BCUT2D eigenvalue weighted by atomic mass is 9.86. The Kier molecular flexibility index (Phi) is 8.77. The summed E-state index contributed by atoms with van der Waals surface area (Å²) in [6.45, 7) is 7.70. The second-order valence-electron chi connectivity index (χ2n) is 4.83. The second-order valence-corrected chi connectivity index (χ2v) is 6.30. The van der Waals surface area contributed by atoms with Gasteiger partial charge in [-0.3, -0.25) is 4.55 Å². The van der Waals surface area contributed by atoms with Gasteiger partial charge in [0.25, 0.3) is 10.1 Å². The van der Waals surface area contributed by atoms with E-state index in [4.69, 9.17) is 4.55 Å². The molecule has 0 heterocycles. The predicted molar refractivity (Wildman–Crippen MR) is 73.2 cm³/mol. The van der Waals surface area contributed by atoms with Crippen molar-refractivity contribution in [3.8, 4) is 0 Å². The summed E-state index contributed by atoms with van der Waals surface area (Å²) in [5.41, 5.74) is 0. The zero-order valence-electron chi connectivity index (χ0n) is 11.7. The summed E-state index contributed by atoms with van der Waals surface area (Å²) < 4.78 is 25.9. The van der Waals surface area contributed by atoms with Crippen LogP contribution in [0.3, 0.4) is 0 Å². The zero-order chi connectivity index (χ0) is 14.2. The van der Waals surface area contributed by atoms with Gasteiger partial charge in [-0.2, -0.15) is 8.42 Å². The smallest absolute Gasteiger partial charge is 0.261 e. The third-order valence-electron chi connectivity index (χ3n) is 3.26. The maximum absolute atomic E-state index is 9.78. The van der Waals surface area contributed by atoms with E-state index >= 15 is 0 Å². The Morgan fingerprint density at radius 2 is 1.61 bits per heavy atom. The number of aliphatic hydroxyl groups is 1. The van der Waals surface area contributed by atoms with E-state index in [0.29, 0.717) is 12.2 Å². The minimum atomic E-state index is -3.67. The summed E-state index contributed by atoms with van der Waals surface area (Å²) in [6, 6.07) is 0. The molecule has 18 heavy (non-hydrogen) atoms. The molecule has 0 radical (unpaired) electrons. The molecule has 0 aromatic carbocycles. The van der Waals surface area contributed by atoms with Gasteiger partial charge in [0.1, 0.15) is 0 Å². The minimum absolute atomic E-state index is 0.0330. The Bertz CT molecular complexity index is 293. The largest absolute Gasteiger partial charge is 0.393 e. The molecule has 2 N–H and O–H groups in total. The van der Waals surface area contributed by atoms with E-state index in [-0.39, 0.29) is 6.10 Å². The van der Waals surface area contributed by atoms with Gasteiger partial charge >= 0.3 is 0 Å². The van der Waals surface area contributed by atoms with Gasteiger partial charge in [-0.1, -0.05) is 26.7 Å². The monoisotopic (exact) mass is 281 g/mol. The quantitative estimate of drug-likeness (QED) is 0.761. The van der Waals surface area contributed by atoms with E-state index in [1.807, 2.05) is 0 Å². The fraction of sp³-hybridized carbons (Fsp3) is 1.00. The maximum Gasteiger partial charge on any atom is 0.261 e. The molecule has 0 spiro atoms. The van der Waals surface area contributed by atoms with Gasteiger partial charge in [0.15, 0.2) is 0 Å². The second kappa shape index (κ2) is 8.85. The lowest BCUT2D eigenvalue weighted by Crippen LogP contribution is -2.36. The molecule has 0 bridgehead atoms. The Morgan fingerprint density at radius 1 is 1.17 bits per heavy atom. The van der Waals surface area contributed by atoms with Crippen molar-refractivity contribution in [2.24, 2.45) is 5.92 Å². The SMILES string of the molecule is CCN(CC)CC1CCCCC1O.CS(=O)(=O)O. The average Bonchev–Trinajstić information content (AvgIpc) is 2.26. The molecule has 2 unspecified atom stereocenters. The fourth-order valence-electron chi connectivity index (χ4n) is 2.21. The molecule has 1 aliphatic carbocycles. The normalized spacial score (nSPS) is 24.6. The third-order valence-corrected chi connectivity index (χ3v) is 3.26. The van der Waals surface area contributed by atoms with Gasteiger partial charge in [0, 0.05) is 6.54 Å². The van der Waals surface area contributed by atoms with Crippen molar-refractivity contribution < 1.29 is 18.1 Å². The van der Waals surface area contributed by atoms with Crippen LogP contribution in [0.4, 0.5) is 0 Å². The van der Waals surface area contributed by atoms with Crippen molar-refractivity contribution in [3.05, 3.63) is 0 Å². The van der Waals surface area contributed by atoms with Crippen molar-refractivity contribution >= 4 is 10.1 Å². The molecule has 0 saturated heterocycles. The van der Waals surface area contributed by atoms with E-state index in [2.05, 4.69) is 18.7 Å². The van der Waals surface area contributed by atoms with Crippen LogP contribution < -0.4 is 0 Å². The molecule has 2 atom stereocenters. The average molecular weight is 281 g/mol. The summed E-state index contributed by atoms with van der Waals surface area (Å²) in [5.74, 6) is 0.536. The Balaban J connectivity index is 0.000000494. The van der Waals surface area contributed by atoms with Gasteiger partial charge in [0.2, 0.25) is 0 Å². The first-order chi connectivity index (χ1) is 8.27. The number of nitrogens with zero attached hydrogens (tertiary/aromatic N) is 1. The molecule has 0 aliphatic heterocycles. The van der Waals surface area contributed by atoms with Crippen LogP contribution in [0.2, 0.25) is 0 Å². The fourth-order valence-corrected chi connectivity index (χ4v) is 2.21. The van der Waals surface area contributed by atoms with Gasteiger partial charge in [0.05, 0.1) is 12.4 Å². The highest BCUT2D eigenvalue weighted by Gasteiger charge is 2.23.